The van der Waals surface area contributed by atoms with Gasteiger partial charge in [0, 0.05) is 15.0 Å². The van der Waals surface area contributed by atoms with Gasteiger partial charge in [-0.05, 0) is 42.8 Å². The normalized spacial score (nSPS) is 13.1. The van der Waals surface area contributed by atoms with Crippen LogP contribution in [0.15, 0.2) is 56.3 Å². The van der Waals surface area contributed by atoms with E-state index in [4.69, 9.17) is 0 Å². The number of nitrogens with one attached hydrogen (secondary N) is 1. The summed E-state index contributed by atoms with van der Waals surface area (Å²) in [6.07, 6.45) is 0. The Morgan fingerprint density at radius 1 is 1.05 bits per heavy atom. The smallest absolute Gasteiger partial charge is 0.207 e. The molecule has 0 aliphatic carbocycles. The number of sulfonamides is 1. The molecule has 112 valence electrons. The predicted octanol–water partition coefficient (Wildman–Crippen LogP) is 4.39. The molecular weight excluding hydrogens is 425 g/mol. The minimum atomic E-state index is -3.92. The highest BCUT2D eigenvalue weighted by atomic mass is 79.9. The van der Waals surface area contributed by atoms with Gasteiger partial charge in [0.2, 0.25) is 10.0 Å². The quantitative estimate of drug-likeness (QED) is 0.772. The van der Waals surface area contributed by atoms with Gasteiger partial charge in [-0.25, -0.2) is 17.5 Å². The van der Waals surface area contributed by atoms with Gasteiger partial charge in [0.05, 0.1) is 0 Å². The summed E-state index contributed by atoms with van der Waals surface area (Å²) < 4.78 is 42.1. The summed E-state index contributed by atoms with van der Waals surface area (Å²) >= 11 is 6.41. The minimum Gasteiger partial charge on any atom is -0.207 e. The molecule has 0 radical (unpaired) electrons. The van der Waals surface area contributed by atoms with Gasteiger partial charge in [0.25, 0.3) is 0 Å². The Hall–Kier alpha value is -0.760. The molecule has 0 amide bonds. The number of halogens is 3. The number of rotatable bonds is 4. The van der Waals surface area contributed by atoms with Gasteiger partial charge in [-0.15, -0.1) is 0 Å². The zero-order chi connectivity index (χ0) is 15.6. The van der Waals surface area contributed by atoms with Crippen molar-refractivity contribution in [2.45, 2.75) is 17.9 Å². The third kappa shape index (κ3) is 4.12. The first-order chi connectivity index (χ1) is 9.79. The summed E-state index contributed by atoms with van der Waals surface area (Å²) in [4.78, 5) is -0.366. The zero-order valence-electron chi connectivity index (χ0n) is 11.0. The molecule has 7 heteroatoms. The molecule has 0 spiro atoms. The number of hydrogen-bond donors (Lipinski definition) is 1. The van der Waals surface area contributed by atoms with Crippen LogP contribution in [0.25, 0.3) is 0 Å². The first-order valence-corrected chi connectivity index (χ1v) is 9.09. The van der Waals surface area contributed by atoms with Crippen molar-refractivity contribution in [2.24, 2.45) is 0 Å². The van der Waals surface area contributed by atoms with E-state index >= 15 is 0 Å². The Morgan fingerprint density at radius 3 is 2.19 bits per heavy atom. The average molecular weight is 437 g/mol. The van der Waals surface area contributed by atoms with E-state index in [1.54, 1.807) is 19.1 Å². The van der Waals surface area contributed by atoms with E-state index in [1.807, 2.05) is 12.1 Å². The van der Waals surface area contributed by atoms with E-state index < -0.39 is 21.9 Å². The third-order valence-electron chi connectivity index (χ3n) is 2.89. The SMILES string of the molecule is CC(NS(=O)(=O)c1ccc(Br)cc1F)c1ccc(Br)cc1. The second-order valence-corrected chi connectivity index (χ2v) is 7.98. The van der Waals surface area contributed by atoms with E-state index in [2.05, 4.69) is 36.6 Å². The van der Waals surface area contributed by atoms with Crippen LogP contribution in [0.2, 0.25) is 0 Å². The monoisotopic (exact) mass is 435 g/mol. The molecule has 1 atom stereocenters. The van der Waals surface area contributed by atoms with E-state index in [1.165, 1.54) is 12.1 Å². The molecule has 0 saturated heterocycles. The lowest BCUT2D eigenvalue weighted by atomic mass is 10.1. The lowest BCUT2D eigenvalue weighted by molar-refractivity contribution is 0.546. The van der Waals surface area contributed by atoms with Gasteiger partial charge < -0.3 is 0 Å². The lowest BCUT2D eigenvalue weighted by Crippen LogP contribution is -2.27. The molecule has 0 fully saturated rings. The van der Waals surface area contributed by atoms with Crippen LogP contribution in [0.5, 0.6) is 0 Å². The molecule has 3 nitrogen and oxygen atoms in total. The predicted molar refractivity (Wildman–Crippen MR) is 87.0 cm³/mol. The highest BCUT2D eigenvalue weighted by Crippen LogP contribution is 2.22. The first kappa shape index (κ1) is 16.6. The fraction of sp³-hybridized carbons (Fsp3) is 0.143. The van der Waals surface area contributed by atoms with Crippen molar-refractivity contribution in [3.63, 3.8) is 0 Å². The van der Waals surface area contributed by atoms with Crippen molar-refractivity contribution < 1.29 is 12.8 Å². The van der Waals surface area contributed by atoms with Crippen LogP contribution in [-0.2, 0) is 10.0 Å². The standard InChI is InChI=1S/C14H12Br2FNO2S/c1-9(10-2-4-11(15)5-3-10)18-21(19,20)14-7-6-12(16)8-13(14)17/h2-9,18H,1H3. The van der Waals surface area contributed by atoms with Crippen molar-refractivity contribution in [3.8, 4) is 0 Å². The second-order valence-electron chi connectivity index (χ2n) is 4.47. The first-order valence-electron chi connectivity index (χ1n) is 6.02. The molecule has 0 aromatic heterocycles. The van der Waals surface area contributed by atoms with Crippen molar-refractivity contribution >= 4 is 41.9 Å². The molecular formula is C14H12Br2FNO2S. The van der Waals surface area contributed by atoms with Crippen LogP contribution in [0.1, 0.15) is 18.5 Å². The maximum absolute atomic E-state index is 13.8. The van der Waals surface area contributed by atoms with Crippen molar-refractivity contribution in [1.82, 2.24) is 4.72 Å². The topological polar surface area (TPSA) is 46.2 Å². The zero-order valence-corrected chi connectivity index (χ0v) is 15.0. The molecule has 2 aromatic rings. The second kappa shape index (κ2) is 6.56. The van der Waals surface area contributed by atoms with E-state index in [0.29, 0.717) is 4.47 Å². The molecule has 0 bridgehead atoms. The minimum absolute atomic E-state index is 0.366. The fourth-order valence-corrected chi connectivity index (χ4v) is 3.70. The van der Waals surface area contributed by atoms with E-state index in [-0.39, 0.29) is 4.90 Å². The Kier molecular flexibility index (Phi) is 5.19. The Balaban J connectivity index is 2.26. The highest BCUT2D eigenvalue weighted by Gasteiger charge is 2.22. The average Bonchev–Trinajstić information content (AvgIpc) is 2.38. The van der Waals surface area contributed by atoms with Gasteiger partial charge in [-0.3, -0.25) is 0 Å². The van der Waals surface area contributed by atoms with Crippen LogP contribution < -0.4 is 4.72 Å². The van der Waals surface area contributed by atoms with Gasteiger partial charge in [0.15, 0.2) is 0 Å². The van der Waals surface area contributed by atoms with Gasteiger partial charge in [-0.1, -0.05) is 44.0 Å². The fourth-order valence-electron chi connectivity index (χ4n) is 1.81. The Labute approximate surface area is 139 Å². The summed E-state index contributed by atoms with van der Waals surface area (Å²) in [5, 5.41) is 0. The van der Waals surface area contributed by atoms with Crippen LogP contribution in [0.4, 0.5) is 4.39 Å². The summed E-state index contributed by atoms with van der Waals surface area (Å²) in [5.41, 5.74) is 0.791. The van der Waals surface area contributed by atoms with Crippen molar-refractivity contribution in [3.05, 3.63) is 62.8 Å². The highest BCUT2D eigenvalue weighted by molar-refractivity contribution is 9.10. The molecule has 1 N–H and O–H groups in total. The third-order valence-corrected chi connectivity index (χ3v) is 5.48. The molecule has 2 aromatic carbocycles. The van der Waals surface area contributed by atoms with Gasteiger partial charge in [0.1, 0.15) is 10.7 Å². The van der Waals surface area contributed by atoms with Crippen LogP contribution in [-0.4, -0.2) is 8.42 Å². The van der Waals surface area contributed by atoms with E-state index in [9.17, 15) is 12.8 Å². The lowest BCUT2D eigenvalue weighted by Gasteiger charge is -2.15. The maximum atomic E-state index is 13.8. The number of benzene rings is 2. The van der Waals surface area contributed by atoms with Gasteiger partial charge in [-0.2, -0.15) is 0 Å². The van der Waals surface area contributed by atoms with E-state index in [0.717, 1.165) is 16.1 Å². The largest absolute Gasteiger partial charge is 0.244 e. The summed E-state index contributed by atoms with van der Waals surface area (Å²) in [7, 11) is -3.92. The summed E-state index contributed by atoms with van der Waals surface area (Å²) in [6.45, 7) is 1.71. The number of hydrogen-bond acceptors (Lipinski definition) is 2. The molecule has 0 aliphatic heterocycles. The van der Waals surface area contributed by atoms with Gasteiger partial charge >= 0.3 is 0 Å². The molecule has 0 saturated carbocycles. The van der Waals surface area contributed by atoms with Crippen LogP contribution >= 0.6 is 31.9 Å². The molecule has 21 heavy (non-hydrogen) atoms. The molecule has 0 heterocycles. The Morgan fingerprint density at radius 2 is 1.62 bits per heavy atom. The molecule has 2 rings (SSSR count). The summed E-state index contributed by atoms with van der Waals surface area (Å²) in [6, 6.07) is 10.6. The van der Waals surface area contributed by atoms with Crippen molar-refractivity contribution in [1.29, 1.82) is 0 Å². The molecule has 0 aliphatic rings. The van der Waals surface area contributed by atoms with Crippen LogP contribution in [0, 0.1) is 5.82 Å². The molecule has 1 unspecified atom stereocenters. The Bertz CT molecular complexity index is 748. The summed E-state index contributed by atoms with van der Waals surface area (Å²) in [5.74, 6) is -0.792. The van der Waals surface area contributed by atoms with Crippen LogP contribution in [0.3, 0.4) is 0 Å². The van der Waals surface area contributed by atoms with Crippen molar-refractivity contribution in [2.75, 3.05) is 0 Å². The maximum Gasteiger partial charge on any atom is 0.244 e.